The normalized spacial score (nSPS) is 16.3. The van der Waals surface area contributed by atoms with Crippen LogP contribution in [0.1, 0.15) is 23.6 Å². The van der Waals surface area contributed by atoms with Crippen LogP contribution in [0.4, 0.5) is 5.69 Å². The first-order valence-electron chi connectivity index (χ1n) is 8.66. The van der Waals surface area contributed by atoms with Crippen molar-refractivity contribution < 1.29 is 4.74 Å². The summed E-state index contributed by atoms with van der Waals surface area (Å²) in [4.78, 5) is 0. The predicted molar refractivity (Wildman–Crippen MR) is 115 cm³/mol. The molecule has 0 saturated heterocycles. The number of methoxy groups -OCH3 is 1. The number of ether oxygens (including phenoxy) is 1. The van der Waals surface area contributed by atoms with Gasteiger partial charge in [-0.1, -0.05) is 39.7 Å². The molecule has 4 rings (SSSR count). The third-order valence-electron chi connectivity index (χ3n) is 4.68. The molecule has 0 aromatic heterocycles. The van der Waals surface area contributed by atoms with Crippen LogP contribution in [0.25, 0.3) is 0 Å². The van der Waals surface area contributed by atoms with E-state index in [4.69, 9.17) is 21.4 Å². The predicted octanol–water partition coefficient (Wildman–Crippen LogP) is 6.47. The zero-order valence-corrected chi connectivity index (χ0v) is 17.1. The fourth-order valence-corrected chi connectivity index (χ4v) is 3.63. The van der Waals surface area contributed by atoms with Crippen molar-refractivity contribution in [3.63, 3.8) is 0 Å². The lowest BCUT2D eigenvalue weighted by Crippen LogP contribution is -2.18. The Hall–Kier alpha value is -2.30. The van der Waals surface area contributed by atoms with Crippen molar-refractivity contribution in [3.05, 3.63) is 93.4 Å². The highest BCUT2D eigenvalue weighted by atomic mass is 79.9. The Morgan fingerprint density at radius 1 is 0.963 bits per heavy atom. The highest BCUT2D eigenvalue weighted by molar-refractivity contribution is 9.10. The quantitative estimate of drug-likeness (QED) is 0.464. The second-order valence-corrected chi connectivity index (χ2v) is 7.72. The lowest BCUT2D eigenvalue weighted by molar-refractivity contribution is 0.415. The Morgan fingerprint density at radius 3 is 2.26 bits per heavy atom. The second-order valence-electron chi connectivity index (χ2n) is 6.37. The van der Waals surface area contributed by atoms with Crippen LogP contribution in [0.2, 0.25) is 5.02 Å². The summed E-state index contributed by atoms with van der Waals surface area (Å²) in [6.45, 7) is 0. The van der Waals surface area contributed by atoms with Crippen molar-refractivity contribution in [1.29, 1.82) is 0 Å². The number of anilines is 1. The Kier molecular flexibility index (Phi) is 5.19. The van der Waals surface area contributed by atoms with Crippen LogP contribution in [0, 0.1) is 0 Å². The van der Waals surface area contributed by atoms with Crippen molar-refractivity contribution in [1.82, 2.24) is 0 Å². The van der Waals surface area contributed by atoms with Crippen molar-refractivity contribution in [2.75, 3.05) is 12.1 Å². The Bertz CT molecular complexity index is 953. The number of rotatable bonds is 4. The van der Waals surface area contributed by atoms with E-state index in [9.17, 15) is 0 Å². The number of hydrogen-bond acceptors (Lipinski definition) is 3. The summed E-state index contributed by atoms with van der Waals surface area (Å²) in [6.07, 6.45) is 0.823. The minimum atomic E-state index is 0.126. The zero-order chi connectivity index (χ0) is 18.8. The van der Waals surface area contributed by atoms with Crippen LogP contribution < -0.4 is 9.75 Å². The van der Waals surface area contributed by atoms with E-state index in [1.54, 1.807) is 7.11 Å². The topological polar surface area (TPSA) is 24.8 Å². The van der Waals surface area contributed by atoms with E-state index in [2.05, 4.69) is 57.3 Å². The summed E-state index contributed by atoms with van der Waals surface area (Å²) in [5, 5.41) is 7.79. The van der Waals surface area contributed by atoms with Gasteiger partial charge in [-0.25, -0.2) is 0 Å². The minimum absolute atomic E-state index is 0.126. The van der Waals surface area contributed by atoms with E-state index >= 15 is 0 Å². The average Bonchev–Trinajstić information content (AvgIpc) is 3.14. The Labute approximate surface area is 172 Å². The van der Waals surface area contributed by atoms with Crippen LogP contribution in [-0.4, -0.2) is 12.8 Å². The maximum atomic E-state index is 6.08. The molecule has 3 nitrogen and oxygen atoms in total. The van der Waals surface area contributed by atoms with Gasteiger partial charge in [0.2, 0.25) is 0 Å². The van der Waals surface area contributed by atoms with Gasteiger partial charge >= 0.3 is 0 Å². The third-order valence-corrected chi connectivity index (χ3v) is 5.46. The molecule has 1 heterocycles. The molecule has 1 atom stereocenters. The molecule has 0 fully saturated rings. The van der Waals surface area contributed by atoms with Gasteiger partial charge in [0.1, 0.15) is 5.75 Å². The summed E-state index contributed by atoms with van der Waals surface area (Å²) < 4.78 is 6.32. The molecule has 1 aliphatic rings. The molecular formula is C22H18BrClN2O. The second kappa shape index (κ2) is 7.75. The number of halogens is 2. The fourth-order valence-electron chi connectivity index (χ4n) is 3.24. The van der Waals surface area contributed by atoms with Gasteiger partial charge in [0.25, 0.3) is 0 Å². The molecule has 3 aromatic carbocycles. The SMILES string of the molecule is COc1ccc(C2=NN(c3ccc(Br)cc3)[C@@H](c3ccc(Cl)cc3)C2)cc1. The van der Waals surface area contributed by atoms with Crippen LogP contribution in [0.15, 0.2) is 82.4 Å². The van der Waals surface area contributed by atoms with E-state index in [0.29, 0.717) is 0 Å². The average molecular weight is 442 g/mol. The first kappa shape index (κ1) is 18.1. The molecule has 136 valence electrons. The van der Waals surface area contributed by atoms with Crippen molar-refractivity contribution in [2.45, 2.75) is 12.5 Å². The van der Waals surface area contributed by atoms with Gasteiger partial charge in [-0.15, -0.1) is 0 Å². The molecule has 0 saturated carbocycles. The first-order valence-corrected chi connectivity index (χ1v) is 9.83. The molecular weight excluding hydrogens is 424 g/mol. The molecule has 0 N–H and O–H groups in total. The number of nitrogens with zero attached hydrogens (tertiary/aromatic N) is 2. The molecule has 0 radical (unpaired) electrons. The Balaban J connectivity index is 1.72. The standard InChI is InChI=1S/C22H18BrClN2O/c1-27-20-12-4-15(5-13-20)21-14-22(16-2-8-18(24)9-3-16)26(25-21)19-10-6-17(23)7-11-19/h2-13,22H,14H2,1H3/t22-/m1/s1. The van der Waals surface area contributed by atoms with Gasteiger partial charge in [0.05, 0.1) is 24.6 Å². The molecule has 0 unspecified atom stereocenters. The maximum Gasteiger partial charge on any atom is 0.118 e. The summed E-state index contributed by atoms with van der Waals surface area (Å²) >= 11 is 9.59. The summed E-state index contributed by atoms with van der Waals surface area (Å²) in [5.41, 5.74) is 4.41. The van der Waals surface area contributed by atoms with E-state index in [1.807, 2.05) is 36.4 Å². The van der Waals surface area contributed by atoms with Crippen LogP contribution in [0.5, 0.6) is 5.75 Å². The largest absolute Gasteiger partial charge is 0.497 e. The smallest absolute Gasteiger partial charge is 0.118 e. The van der Waals surface area contributed by atoms with Crippen molar-refractivity contribution in [2.24, 2.45) is 5.10 Å². The lowest BCUT2D eigenvalue weighted by atomic mass is 9.98. The van der Waals surface area contributed by atoms with Crippen LogP contribution in [0.3, 0.4) is 0 Å². The molecule has 5 heteroatoms. The monoisotopic (exact) mass is 440 g/mol. The van der Waals surface area contributed by atoms with Gasteiger partial charge in [-0.05, 0) is 71.8 Å². The number of hydrazone groups is 1. The minimum Gasteiger partial charge on any atom is -0.497 e. The van der Waals surface area contributed by atoms with Gasteiger partial charge in [0.15, 0.2) is 0 Å². The highest BCUT2D eigenvalue weighted by Gasteiger charge is 2.29. The molecule has 27 heavy (non-hydrogen) atoms. The Morgan fingerprint density at radius 2 is 1.63 bits per heavy atom. The van der Waals surface area contributed by atoms with Crippen LogP contribution >= 0.6 is 27.5 Å². The van der Waals surface area contributed by atoms with Gasteiger partial charge < -0.3 is 4.74 Å². The van der Waals surface area contributed by atoms with E-state index in [-0.39, 0.29) is 6.04 Å². The van der Waals surface area contributed by atoms with Crippen molar-refractivity contribution >= 4 is 38.9 Å². The number of hydrogen-bond donors (Lipinski definition) is 0. The van der Waals surface area contributed by atoms with Crippen molar-refractivity contribution in [3.8, 4) is 5.75 Å². The molecule has 0 spiro atoms. The van der Waals surface area contributed by atoms with Gasteiger partial charge in [-0.3, -0.25) is 5.01 Å². The lowest BCUT2D eigenvalue weighted by Gasteiger charge is -2.24. The van der Waals surface area contributed by atoms with E-state index in [0.717, 1.165) is 38.6 Å². The molecule has 0 aliphatic carbocycles. The molecule has 1 aliphatic heterocycles. The molecule has 3 aromatic rings. The highest BCUT2D eigenvalue weighted by Crippen LogP contribution is 2.37. The summed E-state index contributed by atoms with van der Waals surface area (Å²) in [7, 11) is 1.67. The van der Waals surface area contributed by atoms with E-state index in [1.165, 1.54) is 5.56 Å². The van der Waals surface area contributed by atoms with Crippen LogP contribution in [-0.2, 0) is 0 Å². The third kappa shape index (κ3) is 3.87. The molecule has 0 bridgehead atoms. The first-order chi connectivity index (χ1) is 13.1. The van der Waals surface area contributed by atoms with Gasteiger partial charge in [-0.2, -0.15) is 5.10 Å². The zero-order valence-electron chi connectivity index (χ0n) is 14.8. The fraction of sp³-hybridized carbons (Fsp3) is 0.136. The number of benzene rings is 3. The summed E-state index contributed by atoms with van der Waals surface area (Å²) in [5.74, 6) is 0.844. The maximum absolute atomic E-state index is 6.08. The molecule has 0 amide bonds. The van der Waals surface area contributed by atoms with Gasteiger partial charge in [0, 0.05) is 15.9 Å². The van der Waals surface area contributed by atoms with E-state index < -0.39 is 0 Å². The summed E-state index contributed by atoms with van der Waals surface area (Å²) in [6, 6.07) is 24.4.